The van der Waals surface area contributed by atoms with Crippen molar-refractivity contribution in [1.29, 1.82) is 0 Å². The summed E-state index contributed by atoms with van der Waals surface area (Å²) in [6.07, 6.45) is -4.96. The minimum absolute atomic E-state index is 0.0442. The van der Waals surface area contributed by atoms with Crippen molar-refractivity contribution in [3.05, 3.63) is 105 Å². The Kier molecular flexibility index (Phi) is 7.54. The lowest BCUT2D eigenvalue weighted by atomic mass is 10.1. The summed E-state index contributed by atoms with van der Waals surface area (Å²) in [4.78, 5) is 53.7. The summed E-state index contributed by atoms with van der Waals surface area (Å²) in [7, 11) is 0. The number of carbonyl (C=O) groups is 2. The fourth-order valence-corrected chi connectivity index (χ4v) is 4.99. The van der Waals surface area contributed by atoms with E-state index in [1.165, 1.54) is 53.5 Å². The van der Waals surface area contributed by atoms with Crippen molar-refractivity contribution in [1.82, 2.24) is 44.0 Å². The summed E-state index contributed by atoms with van der Waals surface area (Å²) in [6.45, 7) is 0.00518. The lowest BCUT2D eigenvalue weighted by Crippen LogP contribution is -2.37. The quantitative estimate of drug-likeness (QED) is 0.252. The number of amides is 2. The maximum Gasteiger partial charge on any atom is 0.416 e. The molecule has 5 aromatic rings. The zero-order valence-corrected chi connectivity index (χ0v) is 23.9. The third-order valence-electron chi connectivity index (χ3n) is 7.05. The van der Waals surface area contributed by atoms with Gasteiger partial charge in [-0.2, -0.15) is 17.9 Å². The van der Waals surface area contributed by atoms with E-state index in [2.05, 4.69) is 25.1 Å². The van der Waals surface area contributed by atoms with Crippen LogP contribution in [-0.2, 0) is 13.1 Å². The molecule has 2 atom stereocenters. The number of fused-ring (bicyclic) bond motifs is 1. The lowest BCUT2D eigenvalue weighted by Gasteiger charge is -2.21. The monoisotopic (exact) mass is 639 g/mol. The number of halogens is 4. The molecule has 0 fully saturated rings. The normalized spacial score (nSPS) is 14.6. The largest absolute Gasteiger partial charge is 0.416 e. The van der Waals surface area contributed by atoms with Crippen molar-refractivity contribution in [2.45, 2.75) is 38.3 Å². The molecule has 0 radical (unpaired) electrons. The SMILES string of the molecule is CC(c1nc(Cn2nc(-c3ccc(Cl)cc3)n(CC(O)C(F)(F)F)c2=O)nn1-c1ncccn1)N1C(=O)c2ccccc2C1=O. The Morgan fingerprint density at radius 3 is 2.13 bits per heavy atom. The van der Waals surface area contributed by atoms with Gasteiger partial charge in [-0.1, -0.05) is 23.7 Å². The Morgan fingerprint density at radius 2 is 1.53 bits per heavy atom. The molecule has 3 aromatic heterocycles. The van der Waals surface area contributed by atoms with Gasteiger partial charge in [0.2, 0.25) is 0 Å². The van der Waals surface area contributed by atoms with Crippen molar-refractivity contribution in [3.63, 3.8) is 0 Å². The first-order valence-electron chi connectivity index (χ1n) is 13.3. The van der Waals surface area contributed by atoms with E-state index >= 15 is 0 Å². The molecule has 4 heterocycles. The van der Waals surface area contributed by atoms with Crippen molar-refractivity contribution in [3.8, 4) is 17.3 Å². The second kappa shape index (κ2) is 11.4. The summed E-state index contributed by atoms with van der Waals surface area (Å²) in [6, 6.07) is 12.8. The molecule has 1 aliphatic rings. The highest BCUT2D eigenvalue weighted by atomic mass is 35.5. The Bertz CT molecular complexity index is 1940. The van der Waals surface area contributed by atoms with Crippen molar-refractivity contribution in [2.75, 3.05) is 0 Å². The van der Waals surface area contributed by atoms with Gasteiger partial charge in [-0.15, -0.1) is 10.2 Å². The lowest BCUT2D eigenvalue weighted by molar-refractivity contribution is -0.207. The second-order valence-electron chi connectivity index (χ2n) is 9.99. The minimum atomic E-state index is -5.00. The van der Waals surface area contributed by atoms with Crippen LogP contribution in [0.4, 0.5) is 13.2 Å². The van der Waals surface area contributed by atoms with Gasteiger partial charge in [0.05, 0.1) is 23.7 Å². The second-order valence-corrected chi connectivity index (χ2v) is 10.4. The number of hydrogen-bond acceptors (Lipinski definition) is 9. The summed E-state index contributed by atoms with van der Waals surface area (Å²) in [5, 5.41) is 18.8. The average Bonchev–Trinajstić information content (AvgIpc) is 3.66. The first-order chi connectivity index (χ1) is 21.4. The predicted octanol–water partition coefficient (Wildman–Crippen LogP) is 3.06. The van der Waals surface area contributed by atoms with Crippen LogP contribution >= 0.6 is 11.6 Å². The number of benzene rings is 2. The summed E-state index contributed by atoms with van der Waals surface area (Å²) >= 11 is 5.95. The molecular weight excluding hydrogens is 619 g/mol. The third kappa shape index (κ3) is 5.49. The number of alkyl halides is 3. The molecule has 0 bridgehead atoms. The number of imide groups is 1. The molecule has 2 unspecified atom stereocenters. The third-order valence-corrected chi connectivity index (χ3v) is 7.31. The number of aliphatic hydroxyl groups is 1. The van der Waals surface area contributed by atoms with Gasteiger partial charge < -0.3 is 5.11 Å². The van der Waals surface area contributed by atoms with E-state index in [1.54, 1.807) is 25.1 Å². The van der Waals surface area contributed by atoms with Crippen LogP contribution in [0.25, 0.3) is 17.3 Å². The Morgan fingerprint density at radius 1 is 0.911 bits per heavy atom. The van der Waals surface area contributed by atoms with Crippen molar-refractivity contribution in [2.24, 2.45) is 0 Å². The number of hydrogen-bond donors (Lipinski definition) is 1. The molecule has 1 N–H and O–H groups in total. The smallest absolute Gasteiger partial charge is 0.382 e. The van der Waals surface area contributed by atoms with E-state index < -0.39 is 48.9 Å². The van der Waals surface area contributed by atoms with Gasteiger partial charge in [-0.25, -0.2) is 24.4 Å². The van der Waals surface area contributed by atoms with Gasteiger partial charge in [-0.3, -0.25) is 19.1 Å². The predicted molar refractivity (Wildman–Crippen MR) is 150 cm³/mol. The highest BCUT2D eigenvalue weighted by molar-refractivity contribution is 6.30. The average molecular weight is 640 g/mol. The fraction of sp³-hybridized carbons (Fsp3) is 0.214. The van der Waals surface area contributed by atoms with Crippen LogP contribution in [-0.4, -0.2) is 73.2 Å². The number of carbonyl (C=O) groups excluding carboxylic acids is 2. The van der Waals surface area contributed by atoms with Crippen LogP contribution in [0.1, 0.15) is 45.3 Å². The zero-order chi connectivity index (χ0) is 32.0. The van der Waals surface area contributed by atoms with Crippen LogP contribution in [0.2, 0.25) is 5.02 Å². The molecule has 2 aromatic carbocycles. The standard InChI is InChI=1S/C28H21ClF3N9O4/c1-15(40-24(43)18-5-2-3-6-19(18)25(40)44)22-35-21(36-41(22)26-33-11-4-12-34-26)14-39-27(45)38(13-20(42)28(30,31)32)23(37-39)16-7-9-17(29)10-8-16/h2-12,15,20,42H,13-14H2,1H3. The Labute approximate surface area is 256 Å². The summed E-state index contributed by atoms with van der Waals surface area (Å²) in [5.74, 6) is -1.18. The maximum absolute atomic E-state index is 13.4. The molecule has 6 rings (SSSR count). The van der Waals surface area contributed by atoms with Gasteiger partial charge in [0, 0.05) is 23.0 Å². The topological polar surface area (TPSA) is 154 Å². The number of aromatic nitrogens is 8. The van der Waals surface area contributed by atoms with Crippen LogP contribution in [0.15, 0.2) is 71.8 Å². The van der Waals surface area contributed by atoms with Crippen molar-refractivity contribution < 1.29 is 27.9 Å². The molecule has 0 saturated carbocycles. The Hall–Kier alpha value is -5.22. The van der Waals surface area contributed by atoms with E-state index in [0.717, 1.165) is 9.58 Å². The zero-order valence-electron chi connectivity index (χ0n) is 23.1. The maximum atomic E-state index is 13.4. The molecule has 1 aliphatic heterocycles. The van der Waals surface area contributed by atoms with Gasteiger partial charge in [0.15, 0.2) is 23.6 Å². The van der Waals surface area contributed by atoms with E-state index in [9.17, 15) is 32.7 Å². The molecule has 0 saturated heterocycles. The van der Waals surface area contributed by atoms with Gasteiger partial charge in [-0.05, 0) is 49.4 Å². The molecule has 230 valence electrons. The fourth-order valence-electron chi connectivity index (χ4n) is 4.86. The van der Waals surface area contributed by atoms with Gasteiger partial charge >= 0.3 is 11.9 Å². The Balaban J connectivity index is 1.41. The molecule has 17 heteroatoms. The van der Waals surface area contributed by atoms with E-state index in [-0.39, 0.29) is 40.1 Å². The van der Waals surface area contributed by atoms with E-state index in [1.807, 2.05) is 0 Å². The molecular formula is C28H21ClF3N9O4. The molecule has 13 nitrogen and oxygen atoms in total. The molecule has 2 amide bonds. The highest BCUT2D eigenvalue weighted by Crippen LogP contribution is 2.31. The van der Waals surface area contributed by atoms with Crippen LogP contribution in [0, 0.1) is 0 Å². The first-order valence-corrected chi connectivity index (χ1v) is 13.7. The summed E-state index contributed by atoms with van der Waals surface area (Å²) < 4.78 is 42.5. The van der Waals surface area contributed by atoms with Crippen LogP contribution in [0.5, 0.6) is 0 Å². The highest BCUT2D eigenvalue weighted by Gasteiger charge is 2.41. The van der Waals surface area contributed by atoms with Crippen molar-refractivity contribution >= 4 is 23.4 Å². The molecule has 0 spiro atoms. The van der Waals surface area contributed by atoms with E-state index in [0.29, 0.717) is 9.59 Å². The minimum Gasteiger partial charge on any atom is -0.382 e. The van der Waals surface area contributed by atoms with Gasteiger partial charge in [0.1, 0.15) is 6.54 Å². The number of nitrogens with zero attached hydrogens (tertiary/aromatic N) is 9. The van der Waals surface area contributed by atoms with E-state index in [4.69, 9.17) is 11.6 Å². The number of rotatable bonds is 8. The molecule has 45 heavy (non-hydrogen) atoms. The van der Waals surface area contributed by atoms with Crippen LogP contribution < -0.4 is 5.69 Å². The number of aliphatic hydroxyl groups excluding tert-OH is 1. The molecule has 0 aliphatic carbocycles. The first kappa shape index (κ1) is 29.8. The van der Waals surface area contributed by atoms with Gasteiger partial charge in [0.25, 0.3) is 17.8 Å². The summed E-state index contributed by atoms with van der Waals surface area (Å²) in [5.41, 5.74) is -0.264. The van der Waals surface area contributed by atoms with Crippen LogP contribution in [0.3, 0.4) is 0 Å².